The van der Waals surface area contributed by atoms with Crippen molar-refractivity contribution in [2.45, 2.75) is 31.0 Å². The highest BCUT2D eigenvalue weighted by molar-refractivity contribution is 4.87. The van der Waals surface area contributed by atoms with Gasteiger partial charge in [-0.15, -0.1) is 0 Å². The van der Waals surface area contributed by atoms with Crippen molar-refractivity contribution in [2.24, 2.45) is 11.5 Å². The van der Waals surface area contributed by atoms with E-state index in [9.17, 15) is 10.2 Å². The summed E-state index contributed by atoms with van der Waals surface area (Å²) in [5.74, 6) is 0. The maximum Gasteiger partial charge on any atom is 0.182 e. The molecule has 6 N–H and O–H groups in total. The van der Waals surface area contributed by atoms with Crippen LogP contribution in [0.2, 0.25) is 0 Å². The number of nitrogens with zero attached hydrogens (tertiary/aromatic N) is 2. The number of nitrogens with two attached hydrogens (primary N) is 2. The molecule has 0 radical (unpaired) electrons. The molecule has 3 unspecified atom stereocenters. The number of hydrogen-bond donors (Lipinski definition) is 4. The number of ether oxygens (including phenoxy) is 1. The van der Waals surface area contributed by atoms with Crippen molar-refractivity contribution in [3.8, 4) is 0 Å². The molecule has 4 atom stereocenters. The highest BCUT2D eigenvalue weighted by atomic mass is 16.6. The van der Waals surface area contributed by atoms with Gasteiger partial charge in [0.25, 0.3) is 0 Å². The molecule has 0 spiro atoms. The van der Waals surface area contributed by atoms with Crippen LogP contribution in [0.15, 0.2) is 0 Å². The number of rotatable bonds is 7. The quantitative estimate of drug-likeness (QED) is 0.411. The van der Waals surface area contributed by atoms with Crippen LogP contribution >= 0.6 is 0 Å². The van der Waals surface area contributed by atoms with Crippen LogP contribution in [-0.2, 0) is 4.74 Å². The van der Waals surface area contributed by atoms with E-state index in [-0.39, 0.29) is 12.1 Å². The van der Waals surface area contributed by atoms with Crippen molar-refractivity contribution in [3.63, 3.8) is 0 Å². The first-order valence-corrected chi connectivity index (χ1v) is 6.80. The summed E-state index contributed by atoms with van der Waals surface area (Å²) in [4.78, 5) is 4.04. The van der Waals surface area contributed by atoms with E-state index in [1.54, 1.807) is 0 Å². The zero-order valence-electron chi connectivity index (χ0n) is 11.9. The smallest absolute Gasteiger partial charge is 0.182 e. The Morgan fingerprint density at radius 2 is 1.74 bits per heavy atom. The van der Waals surface area contributed by atoms with Crippen molar-refractivity contribution >= 4 is 0 Å². The minimum absolute atomic E-state index is 0.105. The second-order valence-corrected chi connectivity index (χ2v) is 5.28. The summed E-state index contributed by atoms with van der Waals surface area (Å²) in [6.07, 6.45) is -1.45. The van der Waals surface area contributed by atoms with E-state index >= 15 is 0 Å². The molecule has 0 bridgehead atoms. The Morgan fingerprint density at radius 3 is 2.21 bits per heavy atom. The summed E-state index contributed by atoms with van der Waals surface area (Å²) in [5, 5.41) is 19.7. The second kappa shape index (κ2) is 8.11. The standard InChI is InChI=1S/C12H28N4O3/c1-15(2)10-7-9(19-12(18)11(10)17)8-16(5-3-13)6-4-14/h9-12,17-18H,3-8,13-14H2,1-2H3/t9?,10?,11?,12-/m1/s1. The molecular formula is C12H28N4O3. The van der Waals surface area contributed by atoms with Crippen molar-refractivity contribution in [2.75, 3.05) is 46.8 Å². The van der Waals surface area contributed by atoms with Crippen LogP contribution in [0, 0.1) is 0 Å². The Hall–Kier alpha value is -0.280. The zero-order chi connectivity index (χ0) is 14.4. The van der Waals surface area contributed by atoms with Crippen molar-refractivity contribution in [3.05, 3.63) is 0 Å². The molecule has 7 nitrogen and oxygen atoms in total. The Balaban J connectivity index is 2.57. The van der Waals surface area contributed by atoms with E-state index in [4.69, 9.17) is 16.2 Å². The maximum atomic E-state index is 9.90. The highest BCUT2D eigenvalue weighted by Gasteiger charge is 2.38. The molecule has 1 aliphatic rings. The van der Waals surface area contributed by atoms with Crippen molar-refractivity contribution < 1.29 is 14.9 Å². The molecule has 19 heavy (non-hydrogen) atoms. The van der Waals surface area contributed by atoms with Crippen molar-refractivity contribution in [1.82, 2.24) is 9.80 Å². The van der Waals surface area contributed by atoms with Gasteiger partial charge in [0.05, 0.1) is 6.10 Å². The van der Waals surface area contributed by atoms with Gasteiger partial charge in [-0.3, -0.25) is 4.90 Å². The van der Waals surface area contributed by atoms with Gasteiger partial charge in [0.1, 0.15) is 6.10 Å². The Morgan fingerprint density at radius 1 is 1.16 bits per heavy atom. The Labute approximate surface area is 115 Å². The maximum absolute atomic E-state index is 9.90. The average Bonchev–Trinajstić information content (AvgIpc) is 2.33. The Bertz CT molecular complexity index is 249. The van der Waals surface area contributed by atoms with Gasteiger partial charge in [0.2, 0.25) is 0 Å². The third-order valence-corrected chi connectivity index (χ3v) is 3.54. The molecule has 0 aromatic rings. The van der Waals surface area contributed by atoms with Crippen LogP contribution in [0.4, 0.5) is 0 Å². The normalized spacial score (nSPS) is 32.2. The van der Waals surface area contributed by atoms with E-state index < -0.39 is 12.4 Å². The molecule has 0 saturated carbocycles. The lowest BCUT2D eigenvalue weighted by Crippen LogP contribution is -2.56. The van der Waals surface area contributed by atoms with Gasteiger partial charge in [-0.1, -0.05) is 0 Å². The lowest BCUT2D eigenvalue weighted by molar-refractivity contribution is -0.236. The zero-order valence-corrected chi connectivity index (χ0v) is 11.9. The van der Waals surface area contributed by atoms with Gasteiger partial charge < -0.3 is 31.3 Å². The fraction of sp³-hybridized carbons (Fsp3) is 1.00. The summed E-state index contributed by atoms with van der Waals surface area (Å²) in [6, 6.07) is -0.105. The summed E-state index contributed by atoms with van der Waals surface area (Å²) >= 11 is 0. The number of aliphatic hydroxyl groups excluding tert-OH is 2. The molecule has 1 heterocycles. The molecule has 1 saturated heterocycles. The predicted molar refractivity (Wildman–Crippen MR) is 73.5 cm³/mol. The lowest BCUT2D eigenvalue weighted by atomic mass is 9.98. The number of aliphatic hydroxyl groups is 2. The second-order valence-electron chi connectivity index (χ2n) is 5.28. The molecule has 7 heteroatoms. The van der Waals surface area contributed by atoms with Gasteiger partial charge in [-0.25, -0.2) is 0 Å². The lowest BCUT2D eigenvalue weighted by Gasteiger charge is -2.41. The van der Waals surface area contributed by atoms with Gasteiger partial charge in [-0.2, -0.15) is 0 Å². The van der Waals surface area contributed by atoms with Crippen LogP contribution in [0.1, 0.15) is 6.42 Å². The molecule has 114 valence electrons. The van der Waals surface area contributed by atoms with Crippen LogP contribution in [0.25, 0.3) is 0 Å². The monoisotopic (exact) mass is 276 g/mol. The van der Waals surface area contributed by atoms with E-state index in [1.807, 2.05) is 19.0 Å². The molecule has 1 rings (SSSR count). The third kappa shape index (κ3) is 4.96. The van der Waals surface area contributed by atoms with Gasteiger partial charge in [-0.05, 0) is 20.5 Å². The molecule has 1 fully saturated rings. The first-order valence-electron chi connectivity index (χ1n) is 6.80. The first kappa shape index (κ1) is 16.8. The first-order chi connectivity index (χ1) is 8.99. The van der Waals surface area contributed by atoms with Crippen LogP contribution in [0.3, 0.4) is 0 Å². The third-order valence-electron chi connectivity index (χ3n) is 3.54. The number of likely N-dealkylation sites (N-methyl/N-ethyl adjacent to an activating group) is 1. The Kier molecular flexibility index (Phi) is 7.16. The largest absolute Gasteiger partial charge is 0.386 e. The topological polar surface area (TPSA) is 108 Å². The van der Waals surface area contributed by atoms with E-state index in [1.165, 1.54) is 0 Å². The summed E-state index contributed by atoms with van der Waals surface area (Å²) in [5.41, 5.74) is 11.1. The summed E-state index contributed by atoms with van der Waals surface area (Å²) < 4.78 is 5.46. The highest BCUT2D eigenvalue weighted by Crippen LogP contribution is 2.22. The molecule has 1 aliphatic heterocycles. The van der Waals surface area contributed by atoms with Gasteiger partial charge >= 0.3 is 0 Å². The predicted octanol–water partition coefficient (Wildman–Crippen LogP) is -2.40. The summed E-state index contributed by atoms with van der Waals surface area (Å²) in [6.45, 7) is 3.30. The van der Waals surface area contributed by atoms with Gasteiger partial charge in [0, 0.05) is 38.8 Å². The fourth-order valence-electron chi connectivity index (χ4n) is 2.51. The summed E-state index contributed by atoms with van der Waals surface area (Å²) in [7, 11) is 3.78. The van der Waals surface area contributed by atoms with Crippen LogP contribution in [-0.4, -0.2) is 91.4 Å². The molecule has 0 aliphatic carbocycles. The average molecular weight is 276 g/mol. The number of hydrogen-bond acceptors (Lipinski definition) is 7. The molecular weight excluding hydrogens is 248 g/mol. The van der Waals surface area contributed by atoms with Gasteiger partial charge in [0.15, 0.2) is 6.29 Å². The van der Waals surface area contributed by atoms with E-state index in [2.05, 4.69) is 4.90 Å². The van der Waals surface area contributed by atoms with Crippen molar-refractivity contribution in [1.29, 1.82) is 0 Å². The van der Waals surface area contributed by atoms with E-state index in [0.717, 1.165) is 13.1 Å². The minimum atomic E-state index is -1.14. The fourth-order valence-corrected chi connectivity index (χ4v) is 2.51. The van der Waals surface area contributed by atoms with Crippen LogP contribution < -0.4 is 11.5 Å². The minimum Gasteiger partial charge on any atom is -0.386 e. The molecule has 0 amide bonds. The van der Waals surface area contributed by atoms with Crippen LogP contribution in [0.5, 0.6) is 0 Å². The van der Waals surface area contributed by atoms with E-state index in [0.29, 0.717) is 26.1 Å². The SMILES string of the molecule is CN(C)C1CC(CN(CCN)CCN)O[C@@H](O)C1O. The molecule has 0 aromatic heterocycles. The molecule has 0 aromatic carbocycles.